The van der Waals surface area contributed by atoms with Crippen molar-refractivity contribution in [3.8, 4) is 0 Å². The normalized spacial score (nSPS) is 20.0. The molecule has 0 saturated heterocycles. The average Bonchev–Trinajstić information content (AvgIpc) is 2.67. The predicted molar refractivity (Wildman–Crippen MR) is 111 cm³/mol. The summed E-state index contributed by atoms with van der Waals surface area (Å²) < 4.78 is 25.5. The number of rotatable bonds is 4. The van der Waals surface area contributed by atoms with Gasteiger partial charge in [0.15, 0.2) is 5.78 Å². The zero-order valence-electron chi connectivity index (χ0n) is 16.3. The van der Waals surface area contributed by atoms with Crippen molar-refractivity contribution in [1.82, 2.24) is 0 Å². The Labute approximate surface area is 170 Å². The second-order valence-corrected chi connectivity index (χ2v) is 9.49. The number of carbonyl (C=O) groups is 2. The number of sulfone groups is 1. The van der Waals surface area contributed by atoms with Gasteiger partial charge in [-0.2, -0.15) is 0 Å². The summed E-state index contributed by atoms with van der Waals surface area (Å²) in [5.74, 6) is -1.62. The number of nitrogens with zero attached hydrogens (tertiary/aromatic N) is 1. The first-order valence-electron chi connectivity index (χ1n) is 9.57. The molecule has 7 heteroatoms. The van der Waals surface area contributed by atoms with Crippen LogP contribution in [-0.2, 0) is 14.6 Å². The van der Waals surface area contributed by atoms with Crippen LogP contribution in [0.5, 0.6) is 0 Å². The van der Waals surface area contributed by atoms with Gasteiger partial charge in [0.25, 0.3) is 0 Å². The highest BCUT2D eigenvalue weighted by atomic mass is 32.2. The Hall–Kier alpha value is -2.93. The second kappa shape index (κ2) is 7.15. The molecule has 4 rings (SSSR count). The van der Waals surface area contributed by atoms with Crippen molar-refractivity contribution in [3.63, 3.8) is 0 Å². The summed E-state index contributed by atoms with van der Waals surface area (Å²) in [6.45, 7) is 4.60. The Morgan fingerprint density at radius 2 is 1.72 bits per heavy atom. The fourth-order valence-electron chi connectivity index (χ4n) is 3.73. The van der Waals surface area contributed by atoms with Crippen molar-refractivity contribution in [1.29, 1.82) is 0 Å². The minimum Gasteiger partial charge on any atom is -0.356 e. The van der Waals surface area contributed by atoms with Crippen LogP contribution in [0.25, 0.3) is 0 Å². The lowest BCUT2D eigenvalue weighted by Gasteiger charge is -2.35. The third kappa shape index (κ3) is 3.35. The molecule has 0 spiro atoms. The van der Waals surface area contributed by atoms with Gasteiger partial charge in [-0.3, -0.25) is 9.59 Å². The quantitative estimate of drug-likeness (QED) is 0.779. The molecule has 1 amide bonds. The van der Waals surface area contributed by atoms with Gasteiger partial charge in [-0.05, 0) is 36.6 Å². The summed E-state index contributed by atoms with van der Waals surface area (Å²) in [4.78, 5) is 28.3. The van der Waals surface area contributed by atoms with Crippen LogP contribution in [0.3, 0.4) is 0 Å². The number of amides is 1. The van der Waals surface area contributed by atoms with Crippen molar-refractivity contribution < 1.29 is 18.0 Å². The molecule has 2 heterocycles. The Bertz CT molecular complexity index is 1140. The molecule has 29 heavy (non-hydrogen) atoms. The van der Waals surface area contributed by atoms with E-state index in [-0.39, 0.29) is 16.4 Å². The van der Waals surface area contributed by atoms with Gasteiger partial charge in [0, 0.05) is 17.8 Å². The first kappa shape index (κ1) is 19.4. The molecule has 1 N–H and O–H groups in total. The molecule has 1 atom stereocenters. The molecule has 2 aromatic carbocycles. The highest BCUT2D eigenvalue weighted by Crippen LogP contribution is 2.38. The number of anilines is 2. The van der Waals surface area contributed by atoms with E-state index in [1.807, 2.05) is 0 Å². The minimum absolute atomic E-state index is 0.0998. The number of nitrogens with one attached hydrogen (secondary N) is 1. The predicted octanol–water partition coefficient (Wildman–Crippen LogP) is 3.62. The molecular formula is C22H22N2O4S. The van der Waals surface area contributed by atoms with Gasteiger partial charge in [0.1, 0.15) is 5.92 Å². The highest BCUT2D eigenvalue weighted by molar-refractivity contribution is 7.94. The number of fused-ring (bicyclic) bond motifs is 2. The lowest BCUT2D eigenvalue weighted by molar-refractivity contribution is -0.120. The molecule has 2 aliphatic rings. The fourth-order valence-corrected chi connectivity index (χ4v) is 5.08. The maximum atomic E-state index is 13.4. The lowest BCUT2D eigenvalue weighted by atomic mass is 9.87. The van der Waals surface area contributed by atoms with Crippen LogP contribution in [0.4, 0.5) is 11.4 Å². The Kier molecular flexibility index (Phi) is 4.78. The summed E-state index contributed by atoms with van der Waals surface area (Å²) in [5.41, 5.74) is 1.49. The van der Waals surface area contributed by atoms with E-state index in [2.05, 4.69) is 19.2 Å². The second-order valence-electron chi connectivity index (χ2n) is 7.73. The van der Waals surface area contributed by atoms with Crippen molar-refractivity contribution >= 4 is 32.9 Å². The molecule has 0 aliphatic carbocycles. The number of hydrogen-bond donors (Lipinski definition) is 1. The van der Waals surface area contributed by atoms with Crippen molar-refractivity contribution in [3.05, 3.63) is 65.2 Å². The number of benzene rings is 2. The van der Waals surface area contributed by atoms with Crippen molar-refractivity contribution in [2.75, 3.05) is 16.8 Å². The molecule has 0 radical (unpaired) electrons. The van der Waals surface area contributed by atoms with Crippen LogP contribution in [0.2, 0.25) is 0 Å². The lowest BCUT2D eigenvalue weighted by Crippen LogP contribution is -2.47. The SMILES string of the molecule is CC(C)CCN1C(=O)C(C2=CS(=O)(=O)c3ccccc3N2)C(=O)c2ccccc21. The van der Waals surface area contributed by atoms with E-state index in [0.29, 0.717) is 29.4 Å². The minimum atomic E-state index is -3.76. The molecular weight excluding hydrogens is 388 g/mol. The van der Waals surface area contributed by atoms with Gasteiger partial charge in [-0.25, -0.2) is 8.42 Å². The smallest absolute Gasteiger partial charge is 0.244 e. The molecule has 2 aromatic rings. The van der Waals surface area contributed by atoms with E-state index in [9.17, 15) is 18.0 Å². The maximum absolute atomic E-state index is 13.4. The number of Topliss-reactive ketones (excluding diaryl/α,β-unsaturated/α-hetero) is 1. The number of para-hydroxylation sites is 2. The standard InChI is InChI=1S/C22H22N2O4S/c1-14(2)11-12-24-18-9-5-3-7-15(18)21(25)20(22(24)26)17-13-29(27,28)19-10-6-4-8-16(19)23-17/h3-10,13-14,20,23H,11-12H2,1-2H3. The summed E-state index contributed by atoms with van der Waals surface area (Å²) in [5, 5.41) is 4.03. The van der Waals surface area contributed by atoms with Crippen LogP contribution in [0.15, 0.2) is 64.5 Å². The number of hydrogen-bond acceptors (Lipinski definition) is 5. The number of carbonyl (C=O) groups excluding carboxylic acids is 2. The largest absolute Gasteiger partial charge is 0.356 e. The molecule has 0 fully saturated rings. The zero-order valence-corrected chi connectivity index (χ0v) is 17.1. The maximum Gasteiger partial charge on any atom is 0.244 e. The van der Waals surface area contributed by atoms with E-state index in [4.69, 9.17) is 0 Å². The molecule has 150 valence electrons. The molecule has 1 unspecified atom stereocenters. The van der Waals surface area contributed by atoms with Crippen LogP contribution in [0.1, 0.15) is 30.6 Å². The molecule has 0 aromatic heterocycles. The average molecular weight is 410 g/mol. The van der Waals surface area contributed by atoms with Gasteiger partial charge in [0.2, 0.25) is 15.7 Å². The topological polar surface area (TPSA) is 83.6 Å². The van der Waals surface area contributed by atoms with Gasteiger partial charge >= 0.3 is 0 Å². The molecule has 0 bridgehead atoms. The molecule has 2 aliphatic heterocycles. The summed E-state index contributed by atoms with van der Waals surface area (Å²) in [6, 6.07) is 13.5. The third-order valence-electron chi connectivity index (χ3n) is 5.23. The van der Waals surface area contributed by atoms with Crippen LogP contribution >= 0.6 is 0 Å². The van der Waals surface area contributed by atoms with Gasteiger partial charge in [0.05, 0.1) is 21.7 Å². The summed E-state index contributed by atoms with van der Waals surface area (Å²) >= 11 is 0. The highest BCUT2D eigenvalue weighted by Gasteiger charge is 2.43. The van der Waals surface area contributed by atoms with Crippen LogP contribution < -0.4 is 10.2 Å². The van der Waals surface area contributed by atoms with Crippen molar-refractivity contribution in [2.24, 2.45) is 11.8 Å². The molecule has 0 saturated carbocycles. The number of ketones is 1. The fraction of sp³-hybridized carbons (Fsp3) is 0.273. The van der Waals surface area contributed by atoms with E-state index in [1.54, 1.807) is 47.4 Å². The van der Waals surface area contributed by atoms with E-state index >= 15 is 0 Å². The Morgan fingerprint density at radius 3 is 2.48 bits per heavy atom. The van der Waals surface area contributed by atoms with E-state index in [1.165, 1.54) is 6.07 Å². The van der Waals surface area contributed by atoms with Gasteiger partial charge < -0.3 is 10.2 Å². The Morgan fingerprint density at radius 1 is 1.03 bits per heavy atom. The van der Waals surface area contributed by atoms with Crippen LogP contribution in [-0.4, -0.2) is 26.7 Å². The molecule has 6 nitrogen and oxygen atoms in total. The summed E-state index contributed by atoms with van der Waals surface area (Å²) in [7, 11) is -3.76. The van der Waals surface area contributed by atoms with Crippen LogP contribution in [0, 0.1) is 11.8 Å². The van der Waals surface area contributed by atoms with E-state index < -0.39 is 21.7 Å². The first-order valence-corrected chi connectivity index (χ1v) is 11.1. The van der Waals surface area contributed by atoms with E-state index in [0.717, 1.165) is 11.8 Å². The van der Waals surface area contributed by atoms with Gasteiger partial charge in [-0.15, -0.1) is 0 Å². The van der Waals surface area contributed by atoms with Crippen molar-refractivity contribution in [2.45, 2.75) is 25.2 Å². The monoisotopic (exact) mass is 410 g/mol. The third-order valence-corrected chi connectivity index (χ3v) is 6.76. The zero-order chi connectivity index (χ0) is 20.8. The summed E-state index contributed by atoms with van der Waals surface area (Å²) in [6.07, 6.45) is 0.772. The Balaban J connectivity index is 1.80. The van der Waals surface area contributed by atoms with Gasteiger partial charge in [-0.1, -0.05) is 38.1 Å². The first-order chi connectivity index (χ1) is 13.8.